The Morgan fingerprint density at radius 2 is 1.74 bits per heavy atom. The number of fused-ring (bicyclic) bond motifs is 1. The third-order valence-electron chi connectivity index (χ3n) is 7.05. The molecule has 9 heteroatoms. The summed E-state index contributed by atoms with van der Waals surface area (Å²) < 4.78 is 27.5. The number of imidazole rings is 1. The highest BCUT2D eigenvalue weighted by atomic mass is 19.2. The number of H-pyrrole nitrogens is 1. The molecule has 1 aliphatic heterocycles. The van der Waals surface area contributed by atoms with E-state index in [2.05, 4.69) is 15.3 Å². The van der Waals surface area contributed by atoms with Gasteiger partial charge in [0.1, 0.15) is 17.5 Å². The Labute approximate surface area is 224 Å². The molecule has 0 spiro atoms. The molecule has 2 amide bonds. The lowest BCUT2D eigenvalue weighted by molar-refractivity contribution is -0.143. The van der Waals surface area contributed by atoms with Crippen molar-refractivity contribution in [1.82, 2.24) is 20.2 Å². The average molecular weight is 533 g/mol. The van der Waals surface area contributed by atoms with Gasteiger partial charge in [-0.3, -0.25) is 9.59 Å². The molecule has 1 aliphatic rings. The molecule has 39 heavy (non-hydrogen) atoms. The molecule has 0 bridgehead atoms. The Hall–Kier alpha value is -4.11. The molecule has 2 atom stereocenters. The number of halogens is 2. The molecule has 1 fully saturated rings. The number of amides is 2. The van der Waals surface area contributed by atoms with Crippen LogP contribution in [0.25, 0.3) is 22.2 Å². The Morgan fingerprint density at radius 3 is 2.44 bits per heavy atom. The third-order valence-corrected chi connectivity index (χ3v) is 7.05. The van der Waals surface area contributed by atoms with Gasteiger partial charge in [0.25, 0.3) is 5.91 Å². The summed E-state index contributed by atoms with van der Waals surface area (Å²) in [6.07, 6.45) is 1.53. The van der Waals surface area contributed by atoms with Gasteiger partial charge in [-0.15, -0.1) is 0 Å². The minimum Gasteiger partial charge on any atom is -0.381 e. The standard InChI is InChI=1S/C30H30F2N4O3/c1-30(2,39)29(38)35-25(15-18-10-12-20(13-11-18)19-7-4-3-5-8-19)28(37)36-14-6-9-26(36)27-33-23-16-21(31)22(32)17-24(23)34-27/h3-5,7-8,10-13,16-17,25-26,39H,6,9,14-15H2,1-2H3,(H,33,34)(H,35,38)/t25-,26-/m0/s1. The minimum atomic E-state index is -1.67. The number of carbonyl (C=O) groups excluding carboxylic acids is 2. The zero-order valence-corrected chi connectivity index (χ0v) is 21.7. The van der Waals surface area contributed by atoms with Gasteiger partial charge in [0.05, 0.1) is 17.1 Å². The topological polar surface area (TPSA) is 98.3 Å². The first-order chi connectivity index (χ1) is 18.6. The van der Waals surface area contributed by atoms with E-state index in [4.69, 9.17) is 0 Å². The van der Waals surface area contributed by atoms with E-state index in [1.807, 2.05) is 54.6 Å². The van der Waals surface area contributed by atoms with Crippen LogP contribution in [-0.2, 0) is 16.0 Å². The zero-order valence-electron chi connectivity index (χ0n) is 21.7. The van der Waals surface area contributed by atoms with Crippen LogP contribution in [0, 0.1) is 11.6 Å². The van der Waals surface area contributed by atoms with E-state index in [9.17, 15) is 23.5 Å². The number of nitrogens with one attached hydrogen (secondary N) is 2. The van der Waals surface area contributed by atoms with Crippen LogP contribution in [0.4, 0.5) is 8.78 Å². The fourth-order valence-corrected chi connectivity index (χ4v) is 4.93. The molecular formula is C30H30F2N4O3. The predicted octanol–water partition coefficient (Wildman–Crippen LogP) is 4.67. The molecule has 0 radical (unpaired) electrons. The number of aliphatic hydroxyl groups is 1. The van der Waals surface area contributed by atoms with Crippen molar-refractivity contribution in [2.24, 2.45) is 0 Å². The monoisotopic (exact) mass is 532 g/mol. The van der Waals surface area contributed by atoms with E-state index >= 15 is 0 Å². The van der Waals surface area contributed by atoms with Crippen molar-refractivity contribution in [3.63, 3.8) is 0 Å². The van der Waals surface area contributed by atoms with Crippen molar-refractivity contribution in [3.05, 3.63) is 89.8 Å². The van der Waals surface area contributed by atoms with E-state index < -0.39 is 35.2 Å². The largest absolute Gasteiger partial charge is 0.381 e. The highest BCUT2D eigenvalue weighted by molar-refractivity contribution is 5.91. The van der Waals surface area contributed by atoms with Gasteiger partial charge in [-0.2, -0.15) is 0 Å². The summed E-state index contributed by atoms with van der Waals surface area (Å²) in [5.74, 6) is -2.52. The van der Waals surface area contributed by atoms with Crippen LogP contribution in [0.2, 0.25) is 0 Å². The zero-order chi connectivity index (χ0) is 27.7. The number of benzene rings is 3. The molecule has 3 N–H and O–H groups in total. The van der Waals surface area contributed by atoms with Crippen molar-refractivity contribution >= 4 is 22.8 Å². The van der Waals surface area contributed by atoms with Gasteiger partial charge in [0.2, 0.25) is 5.91 Å². The first kappa shape index (κ1) is 26.5. The van der Waals surface area contributed by atoms with Gasteiger partial charge in [-0.1, -0.05) is 54.6 Å². The molecule has 202 valence electrons. The second kappa shape index (κ2) is 10.6. The molecule has 7 nitrogen and oxygen atoms in total. The molecule has 3 aromatic carbocycles. The Kier molecular flexibility index (Phi) is 7.18. The molecule has 1 aromatic heterocycles. The van der Waals surface area contributed by atoms with Gasteiger partial charge >= 0.3 is 0 Å². The van der Waals surface area contributed by atoms with Crippen LogP contribution < -0.4 is 5.32 Å². The summed E-state index contributed by atoms with van der Waals surface area (Å²) in [4.78, 5) is 35.7. The maximum Gasteiger partial charge on any atom is 0.252 e. The highest BCUT2D eigenvalue weighted by Crippen LogP contribution is 2.33. The first-order valence-electron chi connectivity index (χ1n) is 12.9. The molecule has 1 saturated heterocycles. The van der Waals surface area contributed by atoms with E-state index in [1.54, 1.807) is 4.90 Å². The molecule has 0 unspecified atom stereocenters. The number of rotatable bonds is 7. The average Bonchev–Trinajstić information content (AvgIpc) is 3.55. The number of aromatic amines is 1. The summed E-state index contributed by atoms with van der Waals surface area (Å²) in [5, 5.41) is 13.0. The SMILES string of the molecule is CC(C)(O)C(=O)N[C@@H](Cc1ccc(-c2ccccc2)cc1)C(=O)N1CCC[C@H]1c1nc2cc(F)c(F)cc2[nH]1. The highest BCUT2D eigenvalue weighted by Gasteiger charge is 2.38. The molecule has 2 heterocycles. The minimum absolute atomic E-state index is 0.218. The van der Waals surface area contributed by atoms with Gasteiger partial charge in [-0.25, -0.2) is 13.8 Å². The predicted molar refractivity (Wildman–Crippen MR) is 144 cm³/mol. The molecule has 0 aliphatic carbocycles. The maximum atomic E-state index is 13.9. The van der Waals surface area contributed by atoms with Crippen LogP contribution in [0.5, 0.6) is 0 Å². The van der Waals surface area contributed by atoms with Gasteiger partial charge in [0.15, 0.2) is 11.6 Å². The van der Waals surface area contributed by atoms with Crippen LogP contribution in [0.1, 0.15) is 44.1 Å². The summed E-state index contributed by atoms with van der Waals surface area (Å²) in [6.45, 7) is 3.17. The smallest absolute Gasteiger partial charge is 0.252 e. The second-order valence-corrected chi connectivity index (χ2v) is 10.4. The van der Waals surface area contributed by atoms with E-state index in [-0.39, 0.29) is 17.8 Å². The Bertz CT molecular complexity index is 1460. The van der Waals surface area contributed by atoms with Crippen LogP contribution in [0.15, 0.2) is 66.7 Å². The lowest BCUT2D eigenvalue weighted by atomic mass is 9.99. The number of hydrogen-bond acceptors (Lipinski definition) is 4. The van der Waals surface area contributed by atoms with E-state index in [1.165, 1.54) is 13.8 Å². The summed E-state index contributed by atoms with van der Waals surface area (Å²) >= 11 is 0. The van der Waals surface area contributed by atoms with Crippen molar-refractivity contribution in [1.29, 1.82) is 0 Å². The lowest BCUT2D eigenvalue weighted by Gasteiger charge is -2.30. The first-order valence-corrected chi connectivity index (χ1v) is 12.9. The van der Waals surface area contributed by atoms with Crippen molar-refractivity contribution in [2.75, 3.05) is 6.54 Å². The van der Waals surface area contributed by atoms with Gasteiger partial charge < -0.3 is 20.3 Å². The number of aromatic nitrogens is 2. The molecular weight excluding hydrogens is 502 g/mol. The fourth-order valence-electron chi connectivity index (χ4n) is 4.93. The van der Waals surface area contributed by atoms with Crippen molar-refractivity contribution in [2.45, 2.75) is 50.8 Å². The second-order valence-electron chi connectivity index (χ2n) is 10.4. The quantitative estimate of drug-likeness (QED) is 0.322. The summed E-state index contributed by atoms with van der Waals surface area (Å²) in [7, 11) is 0. The summed E-state index contributed by atoms with van der Waals surface area (Å²) in [6, 6.07) is 18.4. The Balaban J connectivity index is 1.40. The third kappa shape index (κ3) is 5.68. The summed E-state index contributed by atoms with van der Waals surface area (Å²) in [5.41, 5.74) is 1.88. The fraction of sp³-hybridized carbons (Fsp3) is 0.300. The molecule has 0 saturated carbocycles. The van der Waals surface area contributed by atoms with Crippen molar-refractivity contribution < 1.29 is 23.5 Å². The lowest BCUT2D eigenvalue weighted by Crippen LogP contribution is -2.54. The number of carbonyl (C=O) groups is 2. The van der Waals surface area contributed by atoms with Gasteiger partial charge in [0, 0.05) is 25.1 Å². The normalized spacial score (nSPS) is 16.4. The van der Waals surface area contributed by atoms with Crippen LogP contribution in [-0.4, -0.2) is 50.0 Å². The van der Waals surface area contributed by atoms with Crippen molar-refractivity contribution in [3.8, 4) is 11.1 Å². The maximum absolute atomic E-state index is 13.9. The van der Waals surface area contributed by atoms with E-state index in [0.29, 0.717) is 30.7 Å². The van der Waals surface area contributed by atoms with E-state index in [0.717, 1.165) is 28.8 Å². The number of likely N-dealkylation sites (tertiary alicyclic amines) is 1. The number of nitrogens with zero attached hydrogens (tertiary/aromatic N) is 2. The number of hydrogen-bond donors (Lipinski definition) is 3. The Morgan fingerprint density at radius 1 is 1.08 bits per heavy atom. The molecule has 5 rings (SSSR count). The van der Waals surface area contributed by atoms with Gasteiger partial charge in [-0.05, 0) is 43.4 Å². The molecule has 4 aromatic rings. The van der Waals surface area contributed by atoms with Crippen LogP contribution >= 0.6 is 0 Å². The van der Waals surface area contributed by atoms with Crippen LogP contribution in [0.3, 0.4) is 0 Å².